The lowest BCUT2D eigenvalue weighted by Gasteiger charge is -2.45. The van der Waals surface area contributed by atoms with E-state index in [2.05, 4.69) is 101 Å². The van der Waals surface area contributed by atoms with Crippen LogP contribution >= 0.6 is 0 Å². The molecule has 1 aliphatic carbocycles. The van der Waals surface area contributed by atoms with E-state index in [0.29, 0.717) is 24.9 Å². The summed E-state index contributed by atoms with van der Waals surface area (Å²) >= 11 is 0. The fraction of sp³-hybridized carbons (Fsp3) is 0.531. The summed E-state index contributed by atoms with van der Waals surface area (Å²) in [6, 6.07) is 21.8. The summed E-state index contributed by atoms with van der Waals surface area (Å²) in [6.45, 7) is 11.0. The van der Waals surface area contributed by atoms with Gasteiger partial charge in [-0.2, -0.15) is 0 Å². The van der Waals surface area contributed by atoms with Crippen LogP contribution in [0.15, 0.2) is 72.8 Å². The molecule has 1 heterocycles. The first kappa shape index (κ1) is 27.8. The zero-order chi connectivity index (χ0) is 26.5. The molecule has 4 nitrogen and oxygen atoms in total. The van der Waals surface area contributed by atoms with Gasteiger partial charge in [-0.3, -0.25) is 4.79 Å². The maximum Gasteiger partial charge on any atom is 0.305 e. The van der Waals surface area contributed by atoms with Gasteiger partial charge in [0.25, 0.3) is 8.32 Å². The van der Waals surface area contributed by atoms with Crippen LogP contribution in [0, 0.1) is 17.3 Å². The highest BCUT2D eigenvalue weighted by atomic mass is 28.4. The summed E-state index contributed by atoms with van der Waals surface area (Å²) in [7, 11) is -1.13. The van der Waals surface area contributed by atoms with Gasteiger partial charge in [-0.05, 0) is 52.4 Å². The number of ether oxygens (including phenoxy) is 2. The molecule has 37 heavy (non-hydrogen) atoms. The van der Waals surface area contributed by atoms with E-state index in [4.69, 9.17) is 13.9 Å². The van der Waals surface area contributed by atoms with Gasteiger partial charge in [0.05, 0.1) is 19.8 Å². The van der Waals surface area contributed by atoms with Crippen molar-refractivity contribution in [3.63, 3.8) is 0 Å². The Hall–Kier alpha value is -2.21. The van der Waals surface area contributed by atoms with E-state index < -0.39 is 8.32 Å². The van der Waals surface area contributed by atoms with Crippen LogP contribution in [0.2, 0.25) is 5.04 Å². The normalized spacial score (nSPS) is 25.6. The second kappa shape index (κ2) is 11.7. The van der Waals surface area contributed by atoms with Crippen LogP contribution < -0.4 is 10.4 Å². The molecule has 1 aliphatic heterocycles. The molecule has 0 N–H and O–H groups in total. The van der Waals surface area contributed by atoms with E-state index >= 15 is 0 Å². The van der Waals surface area contributed by atoms with E-state index in [0.717, 1.165) is 32.3 Å². The van der Waals surface area contributed by atoms with Crippen LogP contribution in [0.1, 0.15) is 59.8 Å². The maximum atomic E-state index is 11.4. The van der Waals surface area contributed by atoms with Gasteiger partial charge in [-0.1, -0.05) is 101 Å². The zero-order valence-corrected chi connectivity index (χ0v) is 24.2. The topological polar surface area (TPSA) is 44.8 Å². The number of benzene rings is 2. The maximum absolute atomic E-state index is 11.4. The predicted molar refractivity (Wildman–Crippen MR) is 153 cm³/mol. The Balaban J connectivity index is 1.55. The molecule has 200 valence electrons. The van der Waals surface area contributed by atoms with Crippen LogP contribution in [0.5, 0.6) is 0 Å². The molecular formula is C32H44O4Si. The van der Waals surface area contributed by atoms with Gasteiger partial charge in [0.1, 0.15) is 0 Å². The van der Waals surface area contributed by atoms with Crippen LogP contribution in [-0.2, 0) is 18.7 Å². The van der Waals surface area contributed by atoms with Crippen LogP contribution in [0.3, 0.4) is 0 Å². The molecule has 2 bridgehead atoms. The Kier molecular flexibility index (Phi) is 8.77. The first-order valence-corrected chi connectivity index (χ1v) is 15.7. The second-order valence-electron chi connectivity index (χ2n) is 12.1. The molecular weight excluding hydrogens is 476 g/mol. The van der Waals surface area contributed by atoms with Gasteiger partial charge in [0.15, 0.2) is 0 Å². The van der Waals surface area contributed by atoms with Crippen molar-refractivity contribution in [1.29, 1.82) is 0 Å². The number of allylic oxidation sites excluding steroid dienone is 2. The van der Waals surface area contributed by atoms with Crippen LogP contribution in [0.25, 0.3) is 0 Å². The lowest BCUT2D eigenvalue weighted by atomic mass is 9.75. The highest BCUT2D eigenvalue weighted by Gasteiger charge is 2.57. The Morgan fingerprint density at radius 1 is 1.05 bits per heavy atom. The molecule has 1 saturated heterocycles. The number of hydrogen-bond donors (Lipinski definition) is 0. The van der Waals surface area contributed by atoms with Gasteiger partial charge < -0.3 is 13.9 Å². The van der Waals surface area contributed by atoms with Crippen LogP contribution in [0.4, 0.5) is 0 Å². The van der Waals surface area contributed by atoms with E-state index in [-0.39, 0.29) is 22.5 Å². The van der Waals surface area contributed by atoms with Crippen molar-refractivity contribution in [3.05, 3.63) is 72.8 Å². The SMILES string of the molecule is COC(=O)CCC/C=C\C[C@@H]1[C@@H](CO[Si](c2ccccc2)(c2ccccc2)C(C)(C)C)[C@H]2C[C@]1(C)CO2. The molecule has 0 radical (unpaired) electrons. The minimum atomic E-state index is -2.58. The van der Waals surface area contributed by atoms with Crippen molar-refractivity contribution >= 4 is 24.7 Å². The zero-order valence-electron chi connectivity index (χ0n) is 23.2. The quantitative estimate of drug-likeness (QED) is 0.160. The van der Waals surface area contributed by atoms with Gasteiger partial charge >= 0.3 is 5.97 Å². The third kappa shape index (κ3) is 5.79. The molecule has 0 spiro atoms. The van der Waals surface area contributed by atoms with Crippen molar-refractivity contribution < 1.29 is 18.7 Å². The molecule has 5 heteroatoms. The molecule has 4 rings (SSSR count). The molecule has 0 amide bonds. The van der Waals surface area contributed by atoms with Crippen LogP contribution in [-0.4, -0.2) is 40.7 Å². The number of esters is 1. The number of carbonyl (C=O) groups is 1. The lowest BCUT2D eigenvalue weighted by molar-refractivity contribution is -0.140. The Morgan fingerprint density at radius 2 is 1.68 bits per heavy atom. The van der Waals surface area contributed by atoms with Crippen molar-refractivity contribution in [1.82, 2.24) is 0 Å². The average molecular weight is 521 g/mol. The van der Waals surface area contributed by atoms with Crippen molar-refractivity contribution in [3.8, 4) is 0 Å². The fourth-order valence-electron chi connectivity index (χ4n) is 6.68. The minimum absolute atomic E-state index is 0.0346. The molecule has 0 aromatic heterocycles. The molecule has 2 aromatic rings. The van der Waals surface area contributed by atoms with E-state index in [1.165, 1.54) is 17.5 Å². The highest BCUT2D eigenvalue weighted by molar-refractivity contribution is 6.99. The summed E-state index contributed by atoms with van der Waals surface area (Å²) in [5.74, 6) is 0.771. The largest absolute Gasteiger partial charge is 0.469 e. The monoisotopic (exact) mass is 520 g/mol. The number of unbranched alkanes of at least 4 members (excludes halogenated alkanes) is 1. The fourth-order valence-corrected chi connectivity index (χ4v) is 11.3. The van der Waals surface area contributed by atoms with Gasteiger partial charge in [-0.25, -0.2) is 0 Å². The van der Waals surface area contributed by atoms with Gasteiger partial charge in [0.2, 0.25) is 0 Å². The molecule has 1 saturated carbocycles. The third-order valence-electron chi connectivity index (χ3n) is 8.63. The van der Waals surface area contributed by atoms with Crippen molar-refractivity contribution in [2.75, 3.05) is 20.3 Å². The average Bonchev–Trinajstić information content (AvgIpc) is 3.41. The Bertz CT molecular complexity index is 1010. The highest BCUT2D eigenvalue weighted by Crippen LogP contribution is 2.55. The summed E-state index contributed by atoms with van der Waals surface area (Å²) in [5.41, 5.74) is 0.195. The third-order valence-corrected chi connectivity index (χ3v) is 13.6. The number of carbonyl (C=O) groups excluding carboxylic acids is 1. The number of hydrogen-bond acceptors (Lipinski definition) is 4. The predicted octanol–water partition coefficient (Wildman–Crippen LogP) is 5.89. The first-order chi connectivity index (χ1) is 17.7. The van der Waals surface area contributed by atoms with Crippen molar-refractivity contribution in [2.24, 2.45) is 17.3 Å². The second-order valence-corrected chi connectivity index (χ2v) is 16.4. The van der Waals surface area contributed by atoms with Gasteiger partial charge in [0, 0.05) is 18.9 Å². The molecule has 2 aromatic carbocycles. The summed E-state index contributed by atoms with van der Waals surface area (Å²) < 4.78 is 18.4. The molecule has 0 unspecified atom stereocenters. The van der Waals surface area contributed by atoms with Crippen molar-refractivity contribution in [2.45, 2.75) is 70.9 Å². The Morgan fingerprint density at radius 3 is 2.24 bits per heavy atom. The number of methoxy groups -OCH3 is 1. The first-order valence-electron chi connectivity index (χ1n) is 13.8. The summed E-state index contributed by atoms with van der Waals surface area (Å²) in [5, 5.41) is 2.62. The van der Waals surface area contributed by atoms with E-state index in [1.54, 1.807) is 0 Å². The Labute approximate surface area is 224 Å². The molecule has 2 fully saturated rings. The summed E-state index contributed by atoms with van der Waals surface area (Å²) in [4.78, 5) is 11.4. The van der Waals surface area contributed by atoms with E-state index in [1.807, 2.05) is 0 Å². The number of fused-ring (bicyclic) bond motifs is 2. The lowest BCUT2D eigenvalue weighted by Crippen LogP contribution is -2.67. The molecule has 2 aliphatic rings. The van der Waals surface area contributed by atoms with E-state index in [9.17, 15) is 4.79 Å². The molecule has 4 atom stereocenters. The minimum Gasteiger partial charge on any atom is -0.469 e. The smallest absolute Gasteiger partial charge is 0.305 e. The number of rotatable bonds is 11. The van der Waals surface area contributed by atoms with Gasteiger partial charge in [-0.15, -0.1) is 0 Å². The standard InChI is InChI=1S/C32H44O4Si/c1-31(2,3)37(25-16-10-8-11-17-25,26-18-12-9-13-19-26)36-23-27-28(32(4)22-29(27)35-24-32)20-14-6-7-15-21-30(33)34-5/h6,8-14,16-19,27-29H,7,15,20-24H2,1-5H3/b14-6-/t27-,28-,29-,32-/m1/s1. The summed E-state index contributed by atoms with van der Waals surface area (Å²) in [6.07, 6.45) is 9.18.